The van der Waals surface area contributed by atoms with Gasteiger partial charge in [0.15, 0.2) is 5.82 Å². The number of benzene rings is 1. The van der Waals surface area contributed by atoms with Crippen LogP contribution < -0.4 is 5.73 Å². The van der Waals surface area contributed by atoms with Gasteiger partial charge in [0.2, 0.25) is 0 Å². The molecule has 8 heteroatoms. The lowest BCUT2D eigenvalue weighted by molar-refractivity contribution is -0.380. The molecule has 0 unspecified atom stereocenters. The highest BCUT2D eigenvalue weighted by atomic mass is 79.9. The molecule has 0 bridgehead atoms. The van der Waals surface area contributed by atoms with Crippen molar-refractivity contribution in [2.24, 2.45) is 0 Å². The van der Waals surface area contributed by atoms with E-state index in [1.807, 2.05) is 24.3 Å². The number of hydrogen-bond acceptors (Lipinski definition) is 5. The lowest BCUT2D eigenvalue weighted by Crippen LogP contribution is -1.89. The van der Waals surface area contributed by atoms with Crippen LogP contribution in [-0.4, -0.2) is 15.1 Å². The smallest absolute Gasteiger partial charge is 0.324 e. The molecule has 3 N–H and O–H groups in total. The number of nitrogens with one attached hydrogen (secondary N) is 1. The molecule has 2 aromatic heterocycles. The predicted molar refractivity (Wildman–Crippen MR) is 86.1 cm³/mol. The summed E-state index contributed by atoms with van der Waals surface area (Å²) in [6, 6.07) is 10.8. The van der Waals surface area contributed by atoms with E-state index in [0.29, 0.717) is 11.5 Å². The number of nitrogens with two attached hydrogens (primary N) is 1. The lowest BCUT2D eigenvalue weighted by atomic mass is 10.0. The molecule has 3 aromatic rings. The number of nitro groups is 1. The van der Waals surface area contributed by atoms with E-state index < -0.39 is 4.92 Å². The quantitative estimate of drug-likeness (QED) is 0.540. The Morgan fingerprint density at radius 2 is 2.05 bits per heavy atom. The molecule has 0 aliphatic heterocycles. The van der Waals surface area contributed by atoms with E-state index in [1.165, 1.54) is 6.07 Å². The number of thiophene rings is 1. The van der Waals surface area contributed by atoms with Crippen molar-refractivity contribution in [3.8, 4) is 21.7 Å². The maximum Gasteiger partial charge on any atom is 0.324 e. The second kappa shape index (κ2) is 5.30. The summed E-state index contributed by atoms with van der Waals surface area (Å²) in [6.07, 6.45) is 0. The van der Waals surface area contributed by atoms with Crippen molar-refractivity contribution >= 4 is 38.1 Å². The standard InChI is InChI=1S/C13H9BrN4O2S/c14-8-4-2-1-3-7(8)11-12(16-17-13(11)15)9-5-6-10(21-9)18(19)20/h1-6H,(H3,15,16,17). The van der Waals surface area contributed by atoms with Crippen LogP contribution in [0.1, 0.15) is 0 Å². The first-order valence-electron chi connectivity index (χ1n) is 5.91. The molecule has 106 valence electrons. The third-order valence-electron chi connectivity index (χ3n) is 2.96. The van der Waals surface area contributed by atoms with Gasteiger partial charge in [-0.25, -0.2) is 0 Å². The van der Waals surface area contributed by atoms with Gasteiger partial charge in [-0.3, -0.25) is 15.2 Å². The van der Waals surface area contributed by atoms with Crippen LogP contribution in [0.25, 0.3) is 21.7 Å². The van der Waals surface area contributed by atoms with E-state index >= 15 is 0 Å². The summed E-state index contributed by atoms with van der Waals surface area (Å²) in [5.41, 5.74) is 8.25. The average Bonchev–Trinajstić information content (AvgIpc) is 3.06. The van der Waals surface area contributed by atoms with E-state index in [-0.39, 0.29) is 5.00 Å². The topological polar surface area (TPSA) is 97.8 Å². The van der Waals surface area contributed by atoms with Gasteiger partial charge in [-0.1, -0.05) is 45.5 Å². The van der Waals surface area contributed by atoms with Gasteiger partial charge in [0.1, 0.15) is 0 Å². The zero-order chi connectivity index (χ0) is 15.0. The molecular formula is C13H9BrN4O2S. The molecule has 0 spiro atoms. The minimum Gasteiger partial charge on any atom is -0.382 e. The van der Waals surface area contributed by atoms with Gasteiger partial charge in [-0.15, -0.1) is 0 Å². The van der Waals surface area contributed by atoms with Gasteiger partial charge in [-0.05, 0) is 12.1 Å². The van der Waals surface area contributed by atoms with Crippen LogP contribution in [0.3, 0.4) is 0 Å². The summed E-state index contributed by atoms with van der Waals surface area (Å²) in [7, 11) is 0. The Morgan fingerprint density at radius 3 is 2.71 bits per heavy atom. The number of nitrogen functional groups attached to an aromatic ring is 1. The minimum absolute atomic E-state index is 0.0799. The third-order valence-corrected chi connectivity index (χ3v) is 4.70. The van der Waals surface area contributed by atoms with Crippen LogP contribution in [-0.2, 0) is 0 Å². The Hall–Kier alpha value is -2.19. The van der Waals surface area contributed by atoms with E-state index in [0.717, 1.165) is 31.8 Å². The molecule has 6 nitrogen and oxygen atoms in total. The number of hydrogen-bond donors (Lipinski definition) is 2. The number of halogens is 1. The maximum atomic E-state index is 10.8. The third kappa shape index (κ3) is 2.43. The lowest BCUT2D eigenvalue weighted by Gasteiger charge is -2.05. The Bertz CT molecular complexity index is 827. The van der Waals surface area contributed by atoms with Crippen LogP contribution in [0.15, 0.2) is 40.9 Å². The fourth-order valence-electron chi connectivity index (χ4n) is 2.03. The average molecular weight is 365 g/mol. The van der Waals surface area contributed by atoms with E-state index in [9.17, 15) is 10.1 Å². The molecule has 0 atom stereocenters. The monoisotopic (exact) mass is 364 g/mol. The highest BCUT2D eigenvalue weighted by molar-refractivity contribution is 9.10. The summed E-state index contributed by atoms with van der Waals surface area (Å²) in [5.74, 6) is 0.355. The molecule has 0 saturated heterocycles. The van der Waals surface area contributed by atoms with E-state index in [4.69, 9.17) is 5.73 Å². The molecule has 0 aliphatic rings. The Morgan fingerprint density at radius 1 is 1.29 bits per heavy atom. The molecule has 3 rings (SSSR count). The zero-order valence-corrected chi connectivity index (χ0v) is 12.9. The first-order valence-corrected chi connectivity index (χ1v) is 7.52. The zero-order valence-electron chi connectivity index (χ0n) is 10.5. The van der Waals surface area contributed by atoms with Gasteiger partial charge < -0.3 is 5.73 Å². The number of aromatic amines is 1. The Balaban J connectivity index is 2.17. The van der Waals surface area contributed by atoms with Gasteiger partial charge in [-0.2, -0.15) is 5.10 Å². The number of rotatable bonds is 3. The predicted octanol–water partition coefficient (Wildman–Crippen LogP) is 4.06. The van der Waals surface area contributed by atoms with Crippen LogP contribution in [0.4, 0.5) is 10.8 Å². The molecule has 0 fully saturated rings. The largest absolute Gasteiger partial charge is 0.382 e. The van der Waals surface area contributed by atoms with Crippen molar-refractivity contribution < 1.29 is 4.92 Å². The highest BCUT2D eigenvalue weighted by Gasteiger charge is 2.20. The molecule has 1 aromatic carbocycles. The Kier molecular flexibility index (Phi) is 3.48. The molecular weight excluding hydrogens is 356 g/mol. The molecule has 21 heavy (non-hydrogen) atoms. The fourth-order valence-corrected chi connectivity index (χ4v) is 3.34. The highest BCUT2D eigenvalue weighted by Crippen LogP contribution is 2.41. The van der Waals surface area contributed by atoms with Crippen molar-refractivity contribution in [3.63, 3.8) is 0 Å². The van der Waals surface area contributed by atoms with Crippen LogP contribution >= 0.6 is 27.3 Å². The molecule has 2 heterocycles. The van der Waals surface area contributed by atoms with E-state index in [1.54, 1.807) is 6.07 Å². The van der Waals surface area contributed by atoms with Crippen LogP contribution in [0.2, 0.25) is 0 Å². The molecule has 0 aliphatic carbocycles. The van der Waals surface area contributed by atoms with Crippen molar-refractivity contribution in [2.75, 3.05) is 5.73 Å². The summed E-state index contributed by atoms with van der Waals surface area (Å²) in [4.78, 5) is 11.1. The van der Waals surface area contributed by atoms with E-state index in [2.05, 4.69) is 26.1 Å². The van der Waals surface area contributed by atoms with Crippen LogP contribution in [0, 0.1) is 10.1 Å². The van der Waals surface area contributed by atoms with Crippen molar-refractivity contribution in [1.29, 1.82) is 0 Å². The second-order valence-electron chi connectivity index (χ2n) is 4.23. The molecule has 0 saturated carbocycles. The van der Waals surface area contributed by atoms with Gasteiger partial charge in [0, 0.05) is 16.1 Å². The van der Waals surface area contributed by atoms with Gasteiger partial charge in [0.25, 0.3) is 0 Å². The Labute approximate surface area is 131 Å². The second-order valence-corrected chi connectivity index (χ2v) is 6.15. The molecule has 0 radical (unpaired) electrons. The first-order chi connectivity index (χ1) is 10.1. The number of nitrogens with zero attached hydrogens (tertiary/aromatic N) is 2. The molecule has 0 amide bonds. The normalized spacial score (nSPS) is 10.7. The minimum atomic E-state index is -0.411. The van der Waals surface area contributed by atoms with Crippen molar-refractivity contribution in [1.82, 2.24) is 10.2 Å². The van der Waals surface area contributed by atoms with Crippen molar-refractivity contribution in [3.05, 3.63) is 51.0 Å². The first kappa shape index (κ1) is 13.8. The summed E-state index contributed by atoms with van der Waals surface area (Å²) < 4.78 is 0.880. The number of anilines is 1. The summed E-state index contributed by atoms with van der Waals surface area (Å²) in [6.45, 7) is 0. The number of aromatic nitrogens is 2. The summed E-state index contributed by atoms with van der Waals surface area (Å²) in [5, 5.41) is 17.8. The fraction of sp³-hybridized carbons (Fsp3) is 0. The summed E-state index contributed by atoms with van der Waals surface area (Å²) >= 11 is 4.57. The van der Waals surface area contributed by atoms with Gasteiger partial charge >= 0.3 is 5.00 Å². The van der Waals surface area contributed by atoms with Crippen LogP contribution in [0.5, 0.6) is 0 Å². The van der Waals surface area contributed by atoms with Crippen molar-refractivity contribution in [2.45, 2.75) is 0 Å². The number of H-pyrrole nitrogens is 1. The van der Waals surface area contributed by atoms with Gasteiger partial charge in [0.05, 0.1) is 21.1 Å². The maximum absolute atomic E-state index is 10.8. The SMILES string of the molecule is Nc1n[nH]c(-c2ccc([N+](=O)[O-])s2)c1-c1ccccc1Br.